The predicted octanol–water partition coefficient (Wildman–Crippen LogP) is 2.84. The topological polar surface area (TPSA) is 68.3 Å². The van der Waals surface area contributed by atoms with Crippen LogP contribution in [0.2, 0.25) is 0 Å². The number of alkyl halides is 3. The number of aromatic nitrogens is 1. The Labute approximate surface area is 180 Å². The molecule has 0 saturated heterocycles. The Morgan fingerprint density at radius 1 is 1.16 bits per heavy atom. The number of halogens is 5. The second-order valence-electron chi connectivity index (χ2n) is 6.78. The number of pyridine rings is 1. The summed E-state index contributed by atoms with van der Waals surface area (Å²) in [6, 6.07) is 4.89. The van der Waals surface area contributed by atoms with E-state index in [0.29, 0.717) is 6.20 Å². The Kier molecular flexibility index (Phi) is 6.47. The van der Waals surface area contributed by atoms with Gasteiger partial charge in [0.25, 0.3) is 5.91 Å². The van der Waals surface area contributed by atoms with Crippen LogP contribution in [0.5, 0.6) is 0 Å². The van der Waals surface area contributed by atoms with Gasteiger partial charge in [0, 0.05) is 18.0 Å². The molecule has 1 amide bonds. The molecule has 164 valence electrons. The quantitative estimate of drug-likeness (QED) is 0.371. The highest BCUT2D eigenvalue weighted by atomic mass is 19.4. The van der Waals surface area contributed by atoms with Gasteiger partial charge < -0.3 is 10.1 Å². The van der Waals surface area contributed by atoms with E-state index in [-0.39, 0.29) is 28.4 Å². The SMILES string of the molecule is [B]c1ccc(C[C@H](NC(=O)c2c(F)cccc2F)C(=O)OC)c2cc(C(F)(F)F)cnc12. The van der Waals surface area contributed by atoms with Crippen LogP contribution in [0, 0.1) is 11.6 Å². The highest BCUT2D eigenvalue weighted by molar-refractivity contribution is 6.38. The zero-order valence-electron chi connectivity index (χ0n) is 16.5. The fraction of sp³-hybridized carbons (Fsp3) is 0.190. The lowest BCUT2D eigenvalue weighted by Gasteiger charge is -2.19. The van der Waals surface area contributed by atoms with Crippen LogP contribution in [-0.4, -0.2) is 37.9 Å². The number of nitrogens with one attached hydrogen (secondary N) is 1. The third kappa shape index (κ3) is 4.71. The molecule has 2 radical (unpaired) electrons. The molecule has 32 heavy (non-hydrogen) atoms. The Hall–Kier alpha value is -3.50. The molecule has 3 aromatic rings. The van der Waals surface area contributed by atoms with Gasteiger partial charge in [-0.3, -0.25) is 9.78 Å². The summed E-state index contributed by atoms with van der Waals surface area (Å²) in [6.45, 7) is 0. The maximum absolute atomic E-state index is 13.9. The van der Waals surface area contributed by atoms with Crippen molar-refractivity contribution in [3.63, 3.8) is 0 Å². The van der Waals surface area contributed by atoms with Crippen molar-refractivity contribution in [1.82, 2.24) is 10.3 Å². The fourth-order valence-electron chi connectivity index (χ4n) is 3.13. The maximum Gasteiger partial charge on any atom is 0.417 e. The average Bonchev–Trinajstić information content (AvgIpc) is 2.73. The molecule has 0 saturated carbocycles. The van der Waals surface area contributed by atoms with Crippen LogP contribution in [0.4, 0.5) is 22.0 Å². The zero-order valence-corrected chi connectivity index (χ0v) is 16.5. The average molecular weight is 448 g/mol. The summed E-state index contributed by atoms with van der Waals surface area (Å²) in [5.41, 5.74) is -1.61. The second-order valence-corrected chi connectivity index (χ2v) is 6.78. The summed E-state index contributed by atoms with van der Waals surface area (Å²) in [7, 11) is 6.83. The fourth-order valence-corrected chi connectivity index (χ4v) is 3.13. The summed E-state index contributed by atoms with van der Waals surface area (Å²) in [5, 5.41) is 2.17. The van der Waals surface area contributed by atoms with Gasteiger partial charge in [-0.1, -0.05) is 23.7 Å². The van der Waals surface area contributed by atoms with Gasteiger partial charge in [0.2, 0.25) is 0 Å². The number of nitrogens with zero attached hydrogens (tertiary/aromatic N) is 1. The maximum atomic E-state index is 13.9. The molecule has 11 heteroatoms. The normalized spacial score (nSPS) is 12.4. The van der Waals surface area contributed by atoms with Gasteiger partial charge in [-0.15, -0.1) is 0 Å². The highest BCUT2D eigenvalue weighted by Crippen LogP contribution is 2.31. The number of benzene rings is 2. The summed E-state index contributed by atoms with van der Waals surface area (Å²) < 4.78 is 71.9. The minimum atomic E-state index is -4.68. The van der Waals surface area contributed by atoms with Crippen LogP contribution in [0.1, 0.15) is 21.5 Å². The van der Waals surface area contributed by atoms with Crippen molar-refractivity contribution in [3.05, 3.63) is 70.9 Å². The van der Waals surface area contributed by atoms with Crippen molar-refractivity contribution in [3.8, 4) is 0 Å². The van der Waals surface area contributed by atoms with Crippen LogP contribution < -0.4 is 10.8 Å². The van der Waals surface area contributed by atoms with Crippen molar-refractivity contribution < 1.29 is 36.3 Å². The monoisotopic (exact) mass is 448 g/mol. The first-order chi connectivity index (χ1) is 15.0. The van der Waals surface area contributed by atoms with Gasteiger partial charge in [0.1, 0.15) is 31.1 Å². The first kappa shape index (κ1) is 23.2. The van der Waals surface area contributed by atoms with Crippen molar-refractivity contribution in [2.45, 2.75) is 18.6 Å². The van der Waals surface area contributed by atoms with Crippen molar-refractivity contribution in [2.75, 3.05) is 7.11 Å². The number of amides is 1. The number of ether oxygens (including phenoxy) is 1. The number of fused-ring (bicyclic) bond motifs is 1. The third-order valence-corrected chi connectivity index (χ3v) is 4.70. The van der Waals surface area contributed by atoms with E-state index in [2.05, 4.69) is 15.0 Å². The number of esters is 1. The number of rotatable bonds is 5. The molecule has 1 heterocycles. The molecular weight excluding hydrogens is 434 g/mol. The molecule has 1 atom stereocenters. The third-order valence-electron chi connectivity index (χ3n) is 4.70. The molecule has 0 unspecified atom stereocenters. The Morgan fingerprint density at radius 3 is 2.41 bits per heavy atom. The van der Waals surface area contributed by atoms with Gasteiger partial charge >= 0.3 is 12.1 Å². The molecule has 0 bridgehead atoms. The first-order valence-corrected chi connectivity index (χ1v) is 9.10. The lowest BCUT2D eigenvalue weighted by atomic mass is 9.89. The predicted molar refractivity (Wildman–Crippen MR) is 105 cm³/mol. The van der Waals surface area contributed by atoms with E-state index in [1.54, 1.807) is 0 Å². The number of hydrogen-bond acceptors (Lipinski definition) is 4. The Balaban J connectivity index is 2.01. The number of carbonyl (C=O) groups excluding carboxylic acids is 2. The highest BCUT2D eigenvalue weighted by Gasteiger charge is 2.32. The minimum absolute atomic E-state index is 0.0000456. The largest absolute Gasteiger partial charge is 0.467 e. The summed E-state index contributed by atoms with van der Waals surface area (Å²) in [4.78, 5) is 28.4. The molecule has 1 aromatic heterocycles. The van der Waals surface area contributed by atoms with Gasteiger partial charge in [-0.2, -0.15) is 13.2 Å². The first-order valence-electron chi connectivity index (χ1n) is 9.10. The van der Waals surface area contributed by atoms with Gasteiger partial charge in [0.05, 0.1) is 18.2 Å². The van der Waals surface area contributed by atoms with E-state index >= 15 is 0 Å². The Morgan fingerprint density at radius 2 is 1.81 bits per heavy atom. The van der Waals surface area contributed by atoms with Gasteiger partial charge in [-0.25, -0.2) is 13.6 Å². The van der Waals surface area contributed by atoms with Crippen LogP contribution in [0.3, 0.4) is 0 Å². The number of hydrogen-bond donors (Lipinski definition) is 1. The molecule has 0 aliphatic heterocycles. The van der Waals surface area contributed by atoms with Crippen LogP contribution in [0.25, 0.3) is 10.9 Å². The van der Waals surface area contributed by atoms with E-state index in [4.69, 9.17) is 7.85 Å². The number of carbonyl (C=O) groups is 2. The van der Waals surface area contributed by atoms with Crippen LogP contribution in [0.15, 0.2) is 42.6 Å². The smallest absolute Gasteiger partial charge is 0.417 e. The second kappa shape index (κ2) is 8.93. The van der Waals surface area contributed by atoms with Crippen molar-refractivity contribution in [2.24, 2.45) is 0 Å². The van der Waals surface area contributed by atoms with Crippen molar-refractivity contribution >= 4 is 36.1 Å². The summed E-state index contributed by atoms with van der Waals surface area (Å²) in [6.07, 6.45) is -4.40. The molecular formula is C21H14BF5N2O3. The molecule has 0 aliphatic carbocycles. The van der Waals surface area contributed by atoms with Crippen LogP contribution >= 0.6 is 0 Å². The molecule has 0 aliphatic rings. The summed E-state index contributed by atoms with van der Waals surface area (Å²) in [5.74, 6) is -4.50. The lowest BCUT2D eigenvalue weighted by Crippen LogP contribution is -2.43. The lowest BCUT2D eigenvalue weighted by molar-refractivity contribution is -0.143. The van der Waals surface area contributed by atoms with E-state index in [1.165, 1.54) is 12.1 Å². The molecule has 0 spiro atoms. The zero-order chi connectivity index (χ0) is 23.6. The molecule has 3 rings (SSSR count). The van der Waals surface area contributed by atoms with E-state index in [9.17, 15) is 31.5 Å². The molecule has 2 aromatic carbocycles. The Bertz CT molecular complexity index is 1180. The van der Waals surface area contributed by atoms with Gasteiger partial charge in [0.15, 0.2) is 0 Å². The molecule has 1 N–H and O–H groups in total. The summed E-state index contributed by atoms with van der Waals surface area (Å²) >= 11 is 0. The minimum Gasteiger partial charge on any atom is -0.467 e. The molecule has 0 fully saturated rings. The van der Waals surface area contributed by atoms with E-state index < -0.39 is 46.9 Å². The number of methoxy groups -OCH3 is 1. The van der Waals surface area contributed by atoms with E-state index in [0.717, 1.165) is 31.4 Å². The standard InChI is InChI=1S/C21H14BF5N2O3/c1-32-20(31)16(29-19(30)17-14(23)3-2-4-15(17)24)7-10-5-6-13(22)18-12(10)8-11(9-28-18)21(25,26)27/h2-6,8-9,16H,7H2,1H3,(H,29,30)/t16-/m0/s1. The van der Waals surface area contributed by atoms with E-state index in [1.807, 2.05) is 0 Å². The van der Waals surface area contributed by atoms with Crippen LogP contribution in [-0.2, 0) is 22.1 Å². The van der Waals surface area contributed by atoms with Gasteiger partial charge in [-0.05, 0) is 23.8 Å². The molecule has 5 nitrogen and oxygen atoms in total. The van der Waals surface area contributed by atoms with Crippen molar-refractivity contribution in [1.29, 1.82) is 0 Å².